The molecule has 0 spiro atoms. The van der Waals surface area contributed by atoms with Gasteiger partial charge in [-0.1, -0.05) is 6.92 Å². The van der Waals surface area contributed by atoms with Crippen molar-refractivity contribution in [3.63, 3.8) is 0 Å². The van der Waals surface area contributed by atoms with E-state index in [1.807, 2.05) is 6.20 Å². The minimum Gasteiger partial charge on any atom is -0.312 e. The van der Waals surface area contributed by atoms with Gasteiger partial charge in [0.2, 0.25) is 0 Å². The molecular formula is C10H12N4S. The van der Waals surface area contributed by atoms with Crippen molar-refractivity contribution in [2.24, 2.45) is 0 Å². The topological polar surface area (TPSA) is 50.7 Å². The molecule has 0 saturated heterocycles. The second-order valence-electron chi connectivity index (χ2n) is 2.98. The fraction of sp³-hybridized carbons (Fsp3) is 0.300. The molecule has 0 aromatic carbocycles. The van der Waals surface area contributed by atoms with E-state index in [0.717, 1.165) is 18.1 Å². The molecule has 2 aromatic rings. The highest BCUT2D eigenvalue weighted by molar-refractivity contribution is 7.14. The average molecular weight is 220 g/mol. The van der Waals surface area contributed by atoms with Crippen molar-refractivity contribution in [2.75, 3.05) is 6.54 Å². The normalized spacial score (nSPS) is 10.5. The summed E-state index contributed by atoms with van der Waals surface area (Å²) in [6.45, 7) is 3.92. The Balaban J connectivity index is 2.14. The maximum absolute atomic E-state index is 4.29. The molecule has 2 rings (SSSR count). The lowest BCUT2D eigenvalue weighted by Crippen LogP contribution is -2.10. The van der Waals surface area contributed by atoms with E-state index in [-0.39, 0.29) is 0 Å². The number of nitrogens with one attached hydrogen (secondary N) is 1. The van der Waals surface area contributed by atoms with Crippen LogP contribution in [0.1, 0.15) is 11.8 Å². The van der Waals surface area contributed by atoms with E-state index in [1.54, 1.807) is 29.8 Å². The van der Waals surface area contributed by atoms with Gasteiger partial charge < -0.3 is 5.32 Å². The van der Waals surface area contributed by atoms with Crippen LogP contribution in [0.5, 0.6) is 0 Å². The van der Waals surface area contributed by atoms with E-state index in [2.05, 4.69) is 27.2 Å². The Bertz CT molecular complexity index is 412. The molecule has 0 atom stereocenters. The molecule has 2 heterocycles. The molecule has 4 nitrogen and oxygen atoms in total. The summed E-state index contributed by atoms with van der Waals surface area (Å²) < 4.78 is 0. The van der Waals surface area contributed by atoms with Crippen LogP contribution < -0.4 is 5.32 Å². The first-order valence-electron chi connectivity index (χ1n) is 4.83. The van der Waals surface area contributed by atoms with Gasteiger partial charge in [0.15, 0.2) is 10.8 Å². The molecule has 0 radical (unpaired) electrons. The monoisotopic (exact) mass is 220 g/mol. The van der Waals surface area contributed by atoms with E-state index in [9.17, 15) is 0 Å². The largest absolute Gasteiger partial charge is 0.312 e. The van der Waals surface area contributed by atoms with Crippen molar-refractivity contribution >= 4 is 11.3 Å². The lowest BCUT2D eigenvalue weighted by molar-refractivity contribution is 0.734. The van der Waals surface area contributed by atoms with Crippen LogP contribution in [-0.4, -0.2) is 21.5 Å². The van der Waals surface area contributed by atoms with E-state index >= 15 is 0 Å². The number of rotatable bonds is 4. The van der Waals surface area contributed by atoms with E-state index in [4.69, 9.17) is 0 Å². The number of aromatic nitrogens is 3. The van der Waals surface area contributed by atoms with Gasteiger partial charge in [-0.3, -0.25) is 0 Å². The molecule has 78 valence electrons. The smallest absolute Gasteiger partial charge is 0.188 e. The molecule has 0 aliphatic heterocycles. The van der Waals surface area contributed by atoms with Crippen LogP contribution in [-0.2, 0) is 6.54 Å². The first-order valence-corrected chi connectivity index (χ1v) is 5.64. The first kappa shape index (κ1) is 10.2. The third-order valence-electron chi connectivity index (χ3n) is 1.86. The Hall–Kier alpha value is -1.33. The molecule has 0 fully saturated rings. The number of nitrogens with zero attached hydrogens (tertiary/aromatic N) is 3. The van der Waals surface area contributed by atoms with Gasteiger partial charge in [-0.2, -0.15) is 0 Å². The predicted octanol–water partition coefficient (Wildman–Crippen LogP) is 1.71. The van der Waals surface area contributed by atoms with Crippen LogP contribution in [0.25, 0.3) is 10.8 Å². The van der Waals surface area contributed by atoms with Gasteiger partial charge >= 0.3 is 0 Å². The number of thiazole rings is 1. The maximum atomic E-state index is 4.29. The Morgan fingerprint density at radius 3 is 2.80 bits per heavy atom. The van der Waals surface area contributed by atoms with Crippen LogP contribution in [0.3, 0.4) is 0 Å². The molecule has 15 heavy (non-hydrogen) atoms. The number of hydrogen-bond acceptors (Lipinski definition) is 5. The Morgan fingerprint density at radius 1 is 1.27 bits per heavy atom. The van der Waals surface area contributed by atoms with Crippen molar-refractivity contribution in [3.8, 4) is 10.8 Å². The van der Waals surface area contributed by atoms with Crippen LogP contribution >= 0.6 is 11.3 Å². The third-order valence-corrected chi connectivity index (χ3v) is 2.85. The highest BCUT2D eigenvalue weighted by Crippen LogP contribution is 2.20. The molecule has 0 bridgehead atoms. The maximum Gasteiger partial charge on any atom is 0.188 e. The summed E-state index contributed by atoms with van der Waals surface area (Å²) >= 11 is 1.63. The lowest BCUT2D eigenvalue weighted by Gasteiger charge is -1.95. The van der Waals surface area contributed by atoms with Crippen LogP contribution in [0, 0.1) is 0 Å². The van der Waals surface area contributed by atoms with Crippen molar-refractivity contribution in [1.82, 2.24) is 20.3 Å². The summed E-state index contributed by atoms with van der Waals surface area (Å²) in [4.78, 5) is 13.8. The van der Waals surface area contributed by atoms with Gasteiger partial charge in [-0.05, 0) is 12.6 Å². The SMILES string of the molecule is CCNCc1cnc(-c2ncccn2)s1. The Morgan fingerprint density at radius 2 is 2.07 bits per heavy atom. The quantitative estimate of drug-likeness (QED) is 0.852. The fourth-order valence-electron chi connectivity index (χ4n) is 1.15. The molecule has 0 unspecified atom stereocenters. The molecule has 0 aliphatic carbocycles. The van der Waals surface area contributed by atoms with Gasteiger partial charge in [0.1, 0.15) is 0 Å². The van der Waals surface area contributed by atoms with Crippen molar-refractivity contribution in [2.45, 2.75) is 13.5 Å². The molecule has 0 aliphatic rings. The van der Waals surface area contributed by atoms with Gasteiger partial charge in [0.25, 0.3) is 0 Å². The number of hydrogen-bond donors (Lipinski definition) is 1. The molecular weight excluding hydrogens is 208 g/mol. The van der Waals surface area contributed by atoms with Gasteiger partial charge in [-0.25, -0.2) is 15.0 Å². The summed E-state index contributed by atoms with van der Waals surface area (Å²) in [5.41, 5.74) is 0. The highest BCUT2D eigenvalue weighted by Gasteiger charge is 2.05. The average Bonchev–Trinajstić information content (AvgIpc) is 2.76. The minimum absolute atomic E-state index is 0.699. The van der Waals surface area contributed by atoms with Crippen molar-refractivity contribution < 1.29 is 0 Å². The van der Waals surface area contributed by atoms with E-state index in [1.165, 1.54) is 4.88 Å². The van der Waals surface area contributed by atoms with E-state index < -0.39 is 0 Å². The van der Waals surface area contributed by atoms with Gasteiger partial charge in [0.05, 0.1) is 0 Å². The van der Waals surface area contributed by atoms with Crippen LogP contribution in [0.4, 0.5) is 0 Å². The first-order chi connectivity index (χ1) is 7.40. The highest BCUT2D eigenvalue weighted by atomic mass is 32.1. The molecule has 2 aromatic heterocycles. The van der Waals surface area contributed by atoms with Crippen molar-refractivity contribution in [3.05, 3.63) is 29.5 Å². The van der Waals surface area contributed by atoms with Gasteiger partial charge in [0, 0.05) is 30.0 Å². The lowest BCUT2D eigenvalue weighted by atomic mass is 10.5. The summed E-state index contributed by atoms with van der Waals surface area (Å²) in [6, 6.07) is 1.80. The van der Waals surface area contributed by atoms with E-state index in [0.29, 0.717) is 5.82 Å². The third kappa shape index (κ3) is 2.57. The van der Waals surface area contributed by atoms with Crippen LogP contribution in [0.15, 0.2) is 24.7 Å². The summed E-state index contributed by atoms with van der Waals surface area (Å²) in [5.74, 6) is 0.699. The second kappa shape index (κ2) is 4.95. The predicted molar refractivity (Wildman–Crippen MR) is 60.5 cm³/mol. The molecule has 5 heteroatoms. The standard InChI is InChI=1S/C10H12N4S/c1-2-11-6-8-7-14-10(15-8)9-12-4-3-5-13-9/h3-5,7,11H,2,6H2,1H3. The molecule has 0 amide bonds. The minimum atomic E-state index is 0.699. The summed E-state index contributed by atoms with van der Waals surface area (Å²) in [7, 11) is 0. The molecule has 1 N–H and O–H groups in total. The van der Waals surface area contributed by atoms with Crippen LogP contribution in [0.2, 0.25) is 0 Å². The fourth-order valence-corrected chi connectivity index (χ4v) is 1.98. The zero-order valence-electron chi connectivity index (χ0n) is 8.47. The zero-order valence-corrected chi connectivity index (χ0v) is 9.29. The summed E-state index contributed by atoms with van der Waals surface area (Å²) in [6.07, 6.45) is 5.33. The van der Waals surface area contributed by atoms with Crippen molar-refractivity contribution in [1.29, 1.82) is 0 Å². The Kier molecular flexibility index (Phi) is 3.37. The Labute approximate surface area is 92.4 Å². The van der Waals surface area contributed by atoms with Gasteiger partial charge in [-0.15, -0.1) is 11.3 Å². The second-order valence-corrected chi connectivity index (χ2v) is 4.10. The molecule has 0 saturated carbocycles. The summed E-state index contributed by atoms with van der Waals surface area (Å²) in [5, 5.41) is 4.14. The zero-order chi connectivity index (χ0) is 10.5.